The van der Waals surface area contributed by atoms with E-state index in [0.717, 1.165) is 0 Å². The number of hydrogen-bond donors (Lipinski definition) is 4. The number of phenols is 1. The SMILES string of the molecule is N#C/C(=C/Nc1ccc(S(=O)(=O)O)cc1)C(=O)Nc1cccc2c(O)cccc12. The van der Waals surface area contributed by atoms with Gasteiger partial charge in [0.1, 0.15) is 17.4 Å². The van der Waals surface area contributed by atoms with Gasteiger partial charge in [0, 0.05) is 28.3 Å². The lowest BCUT2D eigenvalue weighted by molar-refractivity contribution is -0.112. The Morgan fingerprint density at radius 1 is 1.00 bits per heavy atom. The number of rotatable bonds is 5. The van der Waals surface area contributed by atoms with Gasteiger partial charge in [-0.1, -0.05) is 24.3 Å². The van der Waals surface area contributed by atoms with Gasteiger partial charge in [0.25, 0.3) is 16.0 Å². The number of amides is 1. The van der Waals surface area contributed by atoms with Crippen LogP contribution in [0.15, 0.2) is 77.3 Å². The van der Waals surface area contributed by atoms with Gasteiger partial charge < -0.3 is 15.7 Å². The Hall–Kier alpha value is -3.87. The zero-order valence-electron chi connectivity index (χ0n) is 14.8. The second kappa shape index (κ2) is 8.02. The molecule has 0 atom stereocenters. The van der Waals surface area contributed by atoms with Crippen LogP contribution in [0.2, 0.25) is 0 Å². The Kier molecular flexibility index (Phi) is 5.50. The molecule has 3 aromatic carbocycles. The highest BCUT2D eigenvalue weighted by Gasteiger charge is 2.12. The van der Waals surface area contributed by atoms with Crippen molar-refractivity contribution in [3.05, 3.63) is 72.4 Å². The molecule has 4 N–H and O–H groups in total. The second-order valence-electron chi connectivity index (χ2n) is 5.95. The van der Waals surface area contributed by atoms with E-state index in [9.17, 15) is 23.6 Å². The molecule has 146 valence electrons. The summed E-state index contributed by atoms with van der Waals surface area (Å²) in [5.41, 5.74) is 0.621. The summed E-state index contributed by atoms with van der Waals surface area (Å²) in [7, 11) is -4.30. The predicted molar refractivity (Wildman–Crippen MR) is 108 cm³/mol. The van der Waals surface area contributed by atoms with E-state index < -0.39 is 16.0 Å². The molecule has 0 aromatic heterocycles. The molecule has 0 aliphatic carbocycles. The molecule has 3 rings (SSSR count). The first-order valence-electron chi connectivity index (χ1n) is 8.26. The third-order valence-corrected chi connectivity index (χ3v) is 4.92. The number of nitrogens with zero attached hydrogens (tertiary/aromatic N) is 1. The van der Waals surface area contributed by atoms with Crippen LogP contribution in [-0.4, -0.2) is 24.0 Å². The van der Waals surface area contributed by atoms with E-state index in [2.05, 4.69) is 10.6 Å². The van der Waals surface area contributed by atoms with Crippen LogP contribution in [0.25, 0.3) is 10.8 Å². The zero-order valence-corrected chi connectivity index (χ0v) is 15.6. The van der Waals surface area contributed by atoms with E-state index in [-0.39, 0.29) is 16.2 Å². The molecule has 8 nitrogen and oxygen atoms in total. The quantitative estimate of drug-likeness (QED) is 0.288. The van der Waals surface area contributed by atoms with Gasteiger partial charge in [-0.3, -0.25) is 9.35 Å². The van der Waals surface area contributed by atoms with Gasteiger partial charge in [0.05, 0.1) is 4.90 Å². The van der Waals surface area contributed by atoms with Gasteiger partial charge in [-0.25, -0.2) is 0 Å². The van der Waals surface area contributed by atoms with Crippen molar-refractivity contribution in [1.29, 1.82) is 5.26 Å². The molecule has 0 fully saturated rings. The average molecular weight is 409 g/mol. The first-order valence-corrected chi connectivity index (χ1v) is 9.70. The van der Waals surface area contributed by atoms with Crippen molar-refractivity contribution < 1.29 is 22.9 Å². The third-order valence-electron chi connectivity index (χ3n) is 4.05. The molecule has 1 amide bonds. The molecule has 0 unspecified atom stereocenters. The monoisotopic (exact) mass is 409 g/mol. The number of nitriles is 1. The van der Waals surface area contributed by atoms with Crippen molar-refractivity contribution in [3.8, 4) is 11.8 Å². The average Bonchev–Trinajstić information content (AvgIpc) is 2.69. The number of hydrogen-bond acceptors (Lipinski definition) is 6. The summed E-state index contributed by atoms with van der Waals surface area (Å²) in [6.07, 6.45) is 1.18. The van der Waals surface area contributed by atoms with Crippen LogP contribution >= 0.6 is 0 Å². The van der Waals surface area contributed by atoms with E-state index in [1.54, 1.807) is 36.4 Å². The van der Waals surface area contributed by atoms with Crippen LogP contribution in [0.4, 0.5) is 11.4 Å². The van der Waals surface area contributed by atoms with Crippen molar-refractivity contribution in [2.45, 2.75) is 4.90 Å². The fraction of sp³-hybridized carbons (Fsp3) is 0. The van der Waals surface area contributed by atoms with E-state index in [0.29, 0.717) is 22.1 Å². The molecular weight excluding hydrogens is 394 g/mol. The van der Waals surface area contributed by atoms with Gasteiger partial charge in [0.2, 0.25) is 0 Å². The number of benzene rings is 3. The van der Waals surface area contributed by atoms with E-state index >= 15 is 0 Å². The Morgan fingerprint density at radius 2 is 1.66 bits per heavy atom. The molecule has 9 heteroatoms. The maximum absolute atomic E-state index is 12.5. The lowest BCUT2D eigenvalue weighted by Gasteiger charge is -2.09. The van der Waals surface area contributed by atoms with Crippen LogP contribution < -0.4 is 10.6 Å². The van der Waals surface area contributed by atoms with Crippen molar-refractivity contribution in [1.82, 2.24) is 0 Å². The van der Waals surface area contributed by atoms with Crippen LogP contribution in [0.3, 0.4) is 0 Å². The summed E-state index contributed by atoms with van der Waals surface area (Å²) >= 11 is 0. The van der Waals surface area contributed by atoms with Crippen LogP contribution in [-0.2, 0) is 14.9 Å². The molecule has 0 radical (unpaired) electrons. The molecule has 0 aliphatic rings. The molecule has 3 aromatic rings. The smallest absolute Gasteiger partial charge is 0.294 e. The number of anilines is 2. The topological polar surface area (TPSA) is 140 Å². The van der Waals surface area contributed by atoms with Crippen LogP contribution in [0.5, 0.6) is 5.75 Å². The van der Waals surface area contributed by atoms with Gasteiger partial charge >= 0.3 is 0 Å². The lowest BCUT2D eigenvalue weighted by Crippen LogP contribution is -2.14. The van der Waals surface area contributed by atoms with Gasteiger partial charge in [-0.15, -0.1) is 0 Å². The lowest BCUT2D eigenvalue weighted by atomic mass is 10.1. The van der Waals surface area contributed by atoms with Crippen LogP contribution in [0.1, 0.15) is 0 Å². The third kappa shape index (κ3) is 4.52. The Bertz CT molecular complexity index is 1260. The highest BCUT2D eigenvalue weighted by molar-refractivity contribution is 7.85. The summed E-state index contributed by atoms with van der Waals surface area (Å²) < 4.78 is 31.1. The maximum atomic E-state index is 12.5. The minimum atomic E-state index is -4.30. The number of carbonyl (C=O) groups is 1. The Balaban J connectivity index is 1.79. The summed E-state index contributed by atoms with van der Waals surface area (Å²) in [6, 6.07) is 16.8. The number of fused-ring (bicyclic) bond motifs is 1. The maximum Gasteiger partial charge on any atom is 0.294 e. The van der Waals surface area contributed by atoms with Crippen molar-refractivity contribution in [3.63, 3.8) is 0 Å². The zero-order chi connectivity index (χ0) is 21.0. The van der Waals surface area contributed by atoms with Crippen molar-refractivity contribution in [2.24, 2.45) is 0 Å². The van der Waals surface area contributed by atoms with Crippen molar-refractivity contribution >= 4 is 38.2 Å². The molecule has 0 spiro atoms. The first kappa shape index (κ1) is 19.9. The molecule has 29 heavy (non-hydrogen) atoms. The fourth-order valence-corrected chi connectivity index (χ4v) is 3.10. The minimum absolute atomic E-state index is 0.0738. The van der Waals surface area contributed by atoms with Crippen molar-refractivity contribution in [2.75, 3.05) is 10.6 Å². The fourth-order valence-electron chi connectivity index (χ4n) is 2.62. The highest BCUT2D eigenvalue weighted by Crippen LogP contribution is 2.30. The Morgan fingerprint density at radius 3 is 2.31 bits per heavy atom. The molecular formula is C20H15N3O5S. The first-order chi connectivity index (χ1) is 13.8. The molecule has 0 aliphatic heterocycles. The highest BCUT2D eigenvalue weighted by atomic mass is 32.2. The summed E-state index contributed by atoms with van der Waals surface area (Å²) in [5.74, 6) is -0.588. The van der Waals surface area contributed by atoms with Crippen LogP contribution in [0, 0.1) is 11.3 Å². The minimum Gasteiger partial charge on any atom is -0.507 e. The number of nitrogens with one attached hydrogen (secondary N) is 2. The molecule has 0 saturated carbocycles. The van der Waals surface area contributed by atoms with Gasteiger partial charge in [0.15, 0.2) is 0 Å². The normalized spacial score (nSPS) is 11.7. The summed E-state index contributed by atoms with van der Waals surface area (Å²) in [6.45, 7) is 0. The van der Waals surface area contributed by atoms with E-state index in [1.165, 1.54) is 36.5 Å². The predicted octanol–water partition coefficient (Wildman–Crippen LogP) is 3.25. The molecule has 0 heterocycles. The molecule has 0 saturated heterocycles. The second-order valence-corrected chi connectivity index (χ2v) is 7.37. The largest absolute Gasteiger partial charge is 0.507 e. The number of phenolic OH excluding ortho intramolecular Hbond substituents is 1. The van der Waals surface area contributed by atoms with E-state index in [1.807, 2.05) is 0 Å². The standard InChI is InChI=1S/C20H15N3O5S/c21-11-13(12-22-14-7-9-15(10-8-14)29(26,27)28)20(25)23-18-5-1-4-17-16(18)3-2-6-19(17)24/h1-10,12,22,24H,(H,23,25)(H,26,27,28)/b13-12-. The summed E-state index contributed by atoms with van der Waals surface area (Å²) in [4.78, 5) is 12.2. The number of aromatic hydroxyl groups is 1. The summed E-state index contributed by atoms with van der Waals surface area (Å²) in [5, 5.41) is 25.8. The van der Waals surface area contributed by atoms with Gasteiger partial charge in [-0.2, -0.15) is 13.7 Å². The molecule has 0 bridgehead atoms. The van der Waals surface area contributed by atoms with E-state index in [4.69, 9.17) is 4.55 Å². The Labute approximate surface area is 166 Å². The number of carbonyl (C=O) groups excluding carboxylic acids is 1. The van der Waals surface area contributed by atoms with Gasteiger partial charge in [-0.05, 0) is 36.4 Å².